The van der Waals surface area contributed by atoms with Crippen LogP contribution in [0.4, 0.5) is 0 Å². The predicted octanol–water partition coefficient (Wildman–Crippen LogP) is 1.85. The summed E-state index contributed by atoms with van der Waals surface area (Å²) in [6.45, 7) is 3.89. The van der Waals surface area contributed by atoms with Crippen molar-refractivity contribution in [1.82, 2.24) is 10.2 Å². The molecule has 1 aromatic carbocycles. The summed E-state index contributed by atoms with van der Waals surface area (Å²) in [7, 11) is 1.67. The van der Waals surface area contributed by atoms with Gasteiger partial charge in [0, 0.05) is 25.7 Å². The number of amides is 1. The van der Waals surface area contributed by atoms with Gasteiger partial charge in [-0.25, -0.2) is 0 Å². The van der Waals surface area contributed by atoms with E-state index >= 15 is 0 Å². The zero-order valence-electron chi connectivity index (χ0n) is 14.5. The zero-order chi connectivity index (χ0) is 16.8. The second-order valence-electron chi connectivity index (χ2n) is 6.84. The number of carbonyl (C=O) groups is 1. The van der Waals surface area contributed by atoms with E-state index < -0.39 is 0 Å². The largest absolute Gasteiger partial charge is 0.497 e. The molecule has 0 radical (unpaired) electrons. The summed E-state index contributed by atoms with van der Waals surface area (Å²) in [4.78, 5) is 14.6. The molecule has 24 heavy (non-hydrogen) atoms. The first-order chi connectivity index (χ1) is 11.7. The lowest BCUT2D eigenvalue weighted by Crippen LogP contribution is -2.41. The molecular weight excluding hydrogens is 304 g/mol. The maximum atomic E-state index is 12.3. The molecule has 0 aromatic heterocycles. The van der Waals surface area contributed by atoms with Gasteiger partial charge < -0.3 is 14.8 Å². The molecule has 1 aromatic rings. The van der Waals surface area contributed by atoms with E-state index in [0.29, 0.717) is 25.0 Å². The van der Waals surface area contributed by atoms with Crippen molar-refractivity contribution in [3.8, 4) is 5.75 Å². The van der Waals surface area contributed by atoms with Crippen molar-refractivity contribution in [1.29, 1.82) is 0 Å². The molecule has 1 N–H and O–H groups in total. The van der Waals surface area contributed by atoms with Gasteiger partial charge in [0.25, 0.3) is 0 Å². The average molecular weight is 332 g/mol. The number of methoxy groups -OCH3 is 1. The second-order valence-corrected chi connectivity index (χ2v) is 6.84. The van der Waals surface area contributed by atoms with Crippen molar-refractivity contribution in [3.63, 3.8) is 0 Å². The van der Waals surface area contributed by atoms with E-state index in [9.17, 15) is 4.79 Å². The first-order valence-electron chi connectivity index (χ1n) is 8.96. The lowest BCUT2D eigenvalue weighted by molar-refractivity contribution is -0.122. The molecule has 3 rings (SSSR count). The van der Waals surface area contributed by atoms with Crippen LogP contribution in [0.2, 0.25) is 0 Å². The molecule has 5 heteroatoms. The molecule has 0 unspecified atom stereocenters. The van der Waals surface area contributed by atoms with Crippen LogP contribution in [0.3, 0.4) is 0 Å². The number of nitrogens with zero attached hydrogens (tertiary/aromatic N) is 1. The predicted molar refractivity (Wildman–Crippen MR) is 93.2 cm³/mol. The number of benzene rings is 1. The molecule has 1 aliphatic heterocycles. The summed E-state index contributed by atoms with van der Waals surface area (Å²) in [6.07, 6.45) is 4.40. The number of hydrogen-bond acceptors (Lipinski definition) is 4. The van der Waals surface area contributed by atoms with Gasteiger partial charge in [0.1, 0.15) is 5.75 Å². The van der Waals surface area contributed by atoms with Gasteiger partial charge in [-0.1, -0.05) is 12.1 Å². The molecule has 1 aliphatic carbocycles. The molecule has 2 aliphatic rings. The van der Waals surface area contributed by atoms with Gasteiger partial charge in [0.05, 0.1) is 20.3 Å². The number of rotatable bonds is 9. The van der Waals surface area contributed by atoms with Crippen LogP contribution in [0.1, 0.15) is 24.8 Å². The van der Waals surface area contributed by atoms with Gasteiger partial charge in [0.2, 0.25) is 5.91 Å². The third-order valence-electron chi connectivity index (χ3n) is 4.80. The Morgan fingerprint density at radius 3 is 2.96 bits per heavy atom. The number of nitrogens with one attached hydrogen (secondary N) is 1. The lowest BCUT2D eigenvalue weighted by Gasteiger charge is -2.24. The van der Waals surface area contributed by atoms with Crippen LogP contribution < -0.4 is 10.1 Å². The van der Waals surface area contributed by atoms with Crippen LogP contribution in [-0.4, -0.2) is 56.8 Å². The molecule has 1 amide bonds. The monoisotopic (exact) mass is 332 g/mol. The number of hydrogen-bond donors (Lipinski definition) is 1. The van der Waals surface area contributed by atoms with Crippen molar-refractivity contribution in [3.05, 3.63) is 29.8 Å². The van der Waals surface area contributed by atoms with Crippen molar-refractivity contribution < 1.29 is 14.3 Å². The molecule has 2 fully saturated rings. The standard InChI is InChI=1S/C19H28N2O3/c1-23-18-4-2-3-15(11-18)7-9-20-19(22)13-21(17-5-6-17)12-16-8-10-24-14-16/h2-4,11,16-17H,5-10,12-14H2,1H3,(H,20,22)/t16-/m1/s1. The molecule has 0 spiro atoms. The van der Waals surface area contributed by atoms with Gasteiger partial charge in [-0.3, -0.25) is 9.69 Å². The third-order valence-corrected chi connectivity index (χ3v) is 4.80. The quantitative estimate of drug-likeness (QED) is 0.750. The van der Waals surface area contributed by atoms with Crippen LogP contribution in [0.15, 0.2) is 24.3 Å². The second kappa shape index (κ2) is 8.49. The zero-order valence-corrected chi connectivity index (χ0v) is 14.5. The average Bonchev–Trinajstić information content (AvgIpc) is 3.32. The van der Waals surface area contributed by atoms with Crippen LogP contribution in [0.5, 0.6) is 5.75 Å². The highest BCUT2D eigenvalue weighted by molar-refractivity contribution is 5.78. The van der Waals surface area contributed by atoms with E-state index in [1.165, 1.54) is 18.4 Å². The molecule has 0 bridgehead atoms. The fourth-order valence-electron chi connectivity index (χ4n) is 3.26. The van der Waals surface area contributed by atoms with E-state index in [1.54, 1.807) is 7.11 Å². The summed E-state index contributed by atoms with van der Waals surface area (Å²) in [5.41, 5.74) is 1.18. The number of carbonyl (C=O) groups excluding carboxylic acids is 1. The van der Waals surface area contributed by atoms with Crippen LogP contribution in [0, 0.1) is 5.92 Å². The summed E-state index contributed by atoms with van der Waals surface area (Å²) in [5.74, 6) is 1.58. The van der Waals surface area contributed by atoms with Crippen molar-refractivity contribution in [2.45, 2.75) is 31.7 Å². The smallest absolute Gasteiger partial charge is 0.234 e. The minimum absolute atomic E-state index is 0.128. The molecule has 132 valence electrons. The highest BCUT2D eigenvalue weighted by atomic mass is 16.5. The lowest BCUT2D eigenvalue weighted by atomic mass is 10.1. The summed E-state index contributed by atoms with van der Waals surface area (Å²) >= 11 is 0. The highest BCUT2D eigenvalue weighted by Crippen LogP contribution is 2.28. The minimum Gasteiger partial charge on any atom is -0.497 e. The van der Waals surface area contributed by atoms with E-state index in [4.69, 9.17) is 9.47 Å². The van der Waals surface area contributed by atoms with Gasteiger partial charge in [-0.15, -0.1) is 0 Å². The third kappa shape index (κ3) is 5.21. The molecule has 1 saturated heterocycles. The Bertz CT molecular complexity index is 539. The van der Waals surface area contributed by atoms with Crippen LogP contribution >= 0.6 is 0 Å². The Morgan fingerprint density at radius 1 is 1.38 bits per heavy atom. The fourth-order valence-corrected chi connectivity index (χ4v) is 3.26. The Balaban J connectivity index is 1.40. The maximum Gasteiger partial charge on any atom is 0.234 e. The first-order valence-corrected chi connectivity index (χ1v) is 8.96. The van der Waals surface area contributed by atoms with Crippen LogP contribution in [-0.2, 0) is 16.0 Å². The van der Waals surface area contributed by atoms with E-state index in [-0.39, 0.29) is 5.91 Å². The normalized spacial score (nSPS) is 20.3. The van der Waals surface area contributed by atoms with Crippen LogP contribution in [0.25, 0.3) is 0 Å². The fraction of sp³-hybridized carbons (Fsp3) is 0.632. The highest BCUT2D eigenvalue weighted by Gasteiger charge is 2.32. The van der Waals surface area contributed by atoms with Gasteiger partial charge in [0.15, 0.2) is 0 Å². The summed E-state index contributed by atoms with van der Waals surface area (Å²) in [6, 6.07) is 8.60. The first kappa shape index (κ1) is 17.2. The Morgan fingerprint density at radius 2 is 2.25 bits per heavy atom. The minimum atomic E-state index is 0.128. The molecule has 1 atom stereocenters. The maximum absolute atomic E-state index is 12.3. The Kier molecular flexibility index (Phi) is 6.10. The van der Waals surface area contributed by atoms with E-state index in [0.717, 1.165) is 38.3 Å². The van der Waals surface area contributed by atoms with Crippen molar-refractivity contribution >= 4 is 5.91 Å². The molecular formula is C19H28N2O3. The summed E-state index contributed by atoms with van der Waals surface area (Å²) < 4.78 is 10.7. The molecule has 1 saturated carbocycles. The Hall–Kier alpha value is -1.59. The number of ether oxygens (including phenoxy) is 2. The summed E-state index contributed by atoms with van der Waals surface area (Å²) in [5, 5.41) is 3.05. The van der Waals surface area contributed by atoms with Gasteiger partial charge in [-0.05, 0) is 49.3 Å². The topological polar surface area (TPSA) is 50.8 Å². The van der Waals surface area contributed by atoms with E-state index in [2.05, 4.69) is 16.3 Å². The van der Waals surface area contributed by atoms with Crippen molar-refractivity contribution in [2.24, 2.45) is 5.92 Å². The van der Waals surface area contributed by atoms with Crippen molar-refractivity contribution in [2.75, 3.05) is 40.0 Å². The van der Waals surface area contributed by atoms with Gasteiger partial charge in [-0.2, -0.15) is 0 Å². The Labute approximate surface area is 144 Å². The SMILES string of the molecule is COc1cccc(CCNC(=O)CN(C[C@H]2CCOC2)C2CC2)c1. The molecule has 5 nitrogen and oxygen atoms in total. The van der Waals surface area contributed by atoms with E-state index in [1.807, 2.05) is 18.2 Å². The van der Waals surface area contributed by atoms with Gasteiger partial charge >= 0.3 is 0 Å². The molecule has 1 heterocycles.